The van der Waals surface area contributed by atoms with Crippen molar-refractivity contribution in [2.75, 3.05) is 26.2 Å². The van der Waals surface area contributed by atoms with Gasteiger partial charge in [0.15, 0.2) is 0 Å². The summed E-state index contributed by atoms with van der Waals surface area (Å²) in [6, 6.07) is 19.8. The molecule has 1 saturated heterocycles. The Morgan fingerprint density at radius 2 is 1.63 bits per heavy atom. The van der Waals surface area contributed by atoms with Gasteiger partial charge in [0.1, 0.15) is 5.75 Å². The zero-order chi connectivity index (χ0) is 20.8. The topological polar surface area (TPSA) is 56.5 Å². The van der Waals surface area contributed by atoms with Gasteiger partial charge in [-0.2, -0.15) is 5.26 Å². The third-order valence-electron chi connectivity index (χ3n) is 7.04. The zero-order valence-corrected chi connectivity index (χ0v) is 17.7. The largest absolute Gasteiger partial charge is 0.494 e. The lowest BCUT2D eigenvalue weighted by Crippen LogP contribution is -2.49. The summed E-state index contributed by atoms with van der Waals surface area (Å²) in [6.45, 7) is 3.80. The molecule has 1 N–H and O–H groups in total. The molecule has 1 aliphatic heterocycles. The summed E-state index contributed by atoms with van der Waals surface area (Å²) in [7, 11) is 0. The van der Waals surface area contributed by atoms with E-state index in [0.717, 1.165) is 63.1 Å². The molecule has 1 atom stereocenters. The third kappa shape index (κ3) is 4.53. The van der Waals surface area contributed by atoms with E-state index in [1.807, 2.05) is 18.2 Å². The second kappa shape index (κ2) is 9.64. The van der Waals surface area contributed by atoms with E-state index >= 15 is 0 Å². The van der Waals surface area contributed by atoms with Gasteiger partial charge in [0.25, 0.3) is 0 Å². The van der Waals surface area contributed by atoms with Gasteiger partial charge < -0.3 is 14.7 Å². The highest BCUT2D eigenvalue weighted by atomic mass is 16.5. The maximum Gasteiger partial charge on any atom is 0.119 e. The number of rotatable bonds is 8. The van der Waals surface area contributed by atoms with Crippen molar-refractivity contribution >= 4 is 0 Å². The minimum atomic E-state index is -0.662. The van der Waals surface area contributed by atoms with Gasteiger partial charge >= 0.3 is 0 Å². The minimum absolute atomic E-state index is 0.344. The molecule has 0 bridgehead atoms. The molecular weight excluding hydrogens is 372 g/mol. The molecule has 2 aliphatic rings. The number of nitriles is 1. The normalized spacial score (nSPS) is 20.1. The molecule has 30 heavy (non-hydrogen) atoms. The van der Waals surface area contributed by atoms with Crippen molar-refractivity contribution in [3.05, 3.63) is 65.7 Å². The first-order valence-electron chi connectivity index (χ1n) is 11.3. The Hall–Kier alpha value is -2.35. The number of likely N-dealkylation sites (tertiary alicyclic amines) is 1. The summed E-state index contributed by atoms with van der Waals surface area (Å²) in [5.74, 6) is 1.58. The van der Waals surface area contributed by atoms with Crippen LogP contribution in [0.1, 0.15) is 49.7 Å². The number of aliphatic hydroxyl groups is 1. The van der Waals surface area contributed by atoms with Crippen molar-refractivity contribution in [1.82, 2.24) is 4.90 Å². The van der Waals surface area contributed by atoms with Gasteiger partial charge in [-0.05, 0) is 86.9 Å². The van der Waals surface area contributed by atoms with Crippen molar-refractivity contribution < 1.29 is 9.84 Å². The number of benzene rings is 2. The van der Waals surface area contributed by atoms with Gasteiger partial charge in [-0.3, -0.25) is 0 Å². The highest BCUT2D eigenvalue weighted by molar-refractivity contribution is 5.34. The van der Waals surface area contributed by atoms with Crippen LogP contribution < -0.4 is 4.74 Å². The molecule has 0 aromatic heterocycles. The second-order valence-electron chi connectivity index (χ2n) is 8.77. The predicted molar refractivity (Wildman–Crippen MR) is 118 cm³/mol. The fourth-order valence-electron chi connectivity index (χ4n) is 5.06. The lowest BCUT2D eigenvalue weighted by molar-refractivity contribution is -0.118. The third-order valence-corrected chi connectivity index (χ3v) is 7.04. The van der Waals surface area contributed by atoms with Crippen molar-refractivity contribution in [2.24, 2.45) is 11.8 Å². The molecule has 158 valence electrons. The van der Waals surface area contributed by atoms with E-state index in [1.165, 1.54) is 6.42 Å². The quantitative estimate of drug-likeness (QED) is 0.647. The van der Waals surface area contributed by atoms with E-state index in [9.17, 15) is 5.11 Å². The summed E-state index contributed by atoms with van der Waals surface area (Å²) < 4.78 is 5.81. The zero-order valence-electron chi connectivity index (χ0n) is 17.7. The Morgan fingerprint density at radius 1 is 0.967 bits per heavy atom. The summed E-state index contributed by atoms with van der Waals surface area (Å²) in [6.07, 6.45) is 6.64. The van der Waals surface area contributed by atoms with E-state index in [2.05, 4.69) is 35.2 Å². The van der Waals surface area contributed by atoms with Gasteiger partial charge in [-0.15, -0.1) is 0 Å². The van der Waals surface area contributed by atoms with Crippen LogP contribution in [-0.4, -0.2) is 36.2 Å². The molecule has 0 amide bonds. The van der Waals surface area contributed by atoms with Crippen molar-refractivity contribution in [1.29, 1.82) is 5.26 Å². The summed E-state index contributed by atoms with van der Waals surface area (Å²) in [5, 5.41) is 20.7. The number of piperidine rings is 1. The molecule has 4 rings (SSSR count). The summed E-state index contributed by atoms with van der Waals surface area (Å²) >= 11 is 0. The summed E-state index contributed by atoms with van der Waals surface area (Å²) in [4.78, 5) is 2.50. The van der Waals surface area contributed by atoms with Crippen LogP contribution in [0.25, 0.3) is 0 Å². The lowest BCUT2D eigenvalue weighted by atomic mass is 9.62. The van der Waals surface area contributed by atoms with Crippen molar-refractivity contribution in [2.45, 2.75) is 44.1 Å². The highest BCUT2D eigenvalue weighted by Gasteiger charge is 2.47. The average Bonchev–Trinajstić information content (AvgIpc) is 2.77. The first-order chi connectivity index (χ1) is 14.7. The summed E-state index contributed by atoms with van der Waals surface area (Å²) in [5.41, 5.74) is 1.11. The van der Waals surface area contributed by atoms with Crippen LogP contribution in [0, 0.1) is 23.2 Å². The van der Waals surface area contributed by atoms with Crippen LogP contribution in [0.3, 0.4) is 0 Å². The molecule has 1 aliphatic carbocycles. The Bertz CT molecular complexity index is 834. The Morgan fingerprint density at radius 3 is 2.23 bits per heavy atom. The number of hydrogen-bond donors (Lipinski definition) is 1. The molecule has 2 aromatic carbocycles. The van der Waals surface area contributed by atoms with Crippen LogP contribution >= 0.6 is 0 Å². The Kier molecular flexibility index (Phi) is 6.72. The Balaban J connectivity index is 1.25. The van der Waals surface area contributed by atoms with Gasteiger partial charge in [-0.25, -0.2) is 0 Å². The smallest absolute Gasteiger partial charge is 0.119 e. The fourth-order valence-corrected chi connectivity index (χ4v) is 5.06. The molecule has 1 heterocycles. The lowest BCUT2D eigenvalue weighted by Gasteiger charge is -2.49. The number of hydrogen-bond acceptors (Lipinski definition) is 4. The molecule has 1 saturated carbocycles. The molecule has 0 radical (unpaired) electrons. The van der Waals surface area contributed by atoms with Crippen molar-refractivity contribution in [3.63, 3.8) is 0 Å². The van der Waals surface area contributed by atoms with Gasteiger partial charge in [0.2, 0.25) is 0 Å². The fraction of sp³-hybridized carbons (Fsp3) is 0.500. The van der Waals surface area contributed by atoms with E-state index in [4.69, 9.17) is 10.00 Å². The van der Waals surface area contributed by atoms with Gasteiger partial charge in [0.05, 0.1) is 23.8 Å². The first-order valence-corrected chi connectivity index (χ1v) is 11.3. The monoisotopic (exact) mass is 404 g/mol. The average molecular weight is 405 g/mol. The van der Waals surface area contributed by atoms with Gasteiger partial charge in [-0.1, -0.05) is 36.8 Å². The predicted octanol–water partition coefficient (Wildman–Crippen LogP) is 4.73. The van der Waals surface area contributed by atoms with Crippen LogP contribution in [0.15, 0.2) is 54.6 Å². The van der Waals surface area contributed by atoms with Crippen LogP contribution in [0.4, 0.5) is 0 Å². The van der Waals surface area contributed by atoms with E-state index in [0.29, 0.717) is 24.0 Å². The standard InChI is InChI=1S/C26H32N2O2/c27-20-21-10-12-25(13-11-21)30-19-5-16-28-17-14-24(15-18-28)26(29,23-8-4-9-23)22-6-2-1-3-7-22/h1-3,6-7,10-13,23-24,29H,4-5,8-9,14-19H2. The van der Waals surface area contributed by atoms with Crippen molar-refractivity contribution in [3.8, 4) is 11.8 Å². The molecule has 4 heteroatoms. The second-order valence-corrected chi connectivity index (χ2v) is 8.77. The first kappa shape index (κ1) is 20.9. The van der Waals surface area contributed by atoms with Crippen LogP contribution in [0.5, 0.6) is 5.75 Å². The van der Waals surface area contributed by atoms with E-state index in [1.54, 1.807) is 12.1 Å². The molecule has 2 aromatic rings. The Labute approximate surface area is 180 Å². The molecular formula is C26H32N2O2. The molecule has 1 unspecified atom stereocenters. The molecule has 2 fully saturated rings. The van der Waals surface area contributed by atoms with Crippen LogP contribution in [-0.2, 0) is 5.60 Å². The van der Waals surface area contributed by atoms with E-state index < -0.39 is 5.60 Å². The minimum Gasteiger partial charge on any atom is -0.494 e. The molecule has 4 nitrogen and oxygen atoms in total. The maximum atomic E-state index is 11.8. The van der Waals surface area contributed by atoms with Gasteiger partial charge in [0, 0.05) is 6.54 Å². The van der Waals surface area contributed by atoms with Crippen LogP contribution in [0.2, 0.25) is 0 Å². The SMILES string of the molecule is N#Cc1ccc(OCCCN2CCC(C(O)(c3ccccc3)C3CCC3)CC2)cc1. The number of ether oxygens (including phenoxy) is 1. The maximum absolute atomic E-state index is 11.8. The highest BCUT2D eigenvalue weighted by Crippen LogP contribution is 2.49. The van der Waals surface area contributed by atoms with E-state index in [-0.39, 0.29) is 0 Å². The molecule has 0 spiro atoms. The number of nitrogens with zero attached hydrogens (tertiary/aromatic N) is 2.